The number of hydrogen-bond acceptors (Lipinski definition) is 2. The van der Waals surface area contributed by atoms with Gasteiger partial charge in [0.05, 0.1) is 6.54 Å². The van der Waals surface area contributed by atoms with Crippen molar-refractivity contribution in [2.45, 2.75) is 27.2 Å². The molecule has 0 aliphatic carbocycles. The molecule has 0 aromatic rings. The molecule has 0 aromatic heterocycles. The number of carbonyl (C=O) groups is 1. The van der Waals surface area contributed by atoms with Gasteiger partial charge in [-0.25, -0.2) is 0 Å². The lowest BCUT2D eigenvalue weighted by atomic mass is 10.1. The van der Waals surface area contributed by atoms with Gasteiger partial charge in [0.15, 0.2) is 0 Å². The summed E-state index contributed by atoms with van der Waals surface area (Å²) in [6.45, 7) is 7.64. The van der Waals surface area contributed by atoms with Crippen LogP contribution in [0.4, 0.5) is 0 Å². The fourth-order valence-electron chi connectivity index (χ4n) is 0.938. The third kappa shape index (κ3) is 7.53. The number of ketones is 1. The monoisotopic (exact) mass is 157 g/mol. The van der Waals surface area contributed by atoms with Crippen LogP contribution in [0, 0.1) is 5.92 Å². The van der Waals surface area contributed by atoms with Gasteiger partial charge in [-0.2, -0.15) is 0 Å². The van der Waals surface area contributed by atoms with E-state index in [4.69, 9.17) is 0 Å². The Morgan fingerprint density at radius 2 is 2.00 bits per heavy atom. The Labute approximate surface area is 69.6 Å². The molecule has 0 fully saturated rings. The van der Waals surface area contributed by atoms with Gasteiger partial charge in [-0.05, 0) is 32.9 Å². The molecule has 0 amide bonds. The number of hydrogen-bond donors (Lipinski definition) is 0. The topological polar surface area (TPSA) is 20.3 Å². The van der Waals surface area contributed by atoms with Crippen LogP contribution >= 0.6 is 0 Å². The van der Waals surface area contributed by atoms with E-state index in [-0.39, 0.29) is 5.78 Å². The highest BCUT2D eigenvalue weighted by atomic mass is 16.1. The molecule has 0 N–H and O–H groups in total. The highest BCUT2D eigenvalue weighted by Gasteiger charge is 2.01. The highest BCUT2D eigenvalue weighted by molar-refractivity contribution is 5.77. The first kappa shape index (κ1) is 10.6. The summed E-state index contributed by atoms with van der Waals surface area (Å²) in [5, 5.41) is 0. The minimum Gasteiger partial charge on any atom is -0.299 e. The second-order valence-electron chi connectivity index (χ2n) is 3.62. The largest absolute Gasteiger partial charge is 0.299 e. The first-order valence-corrected chi connectivity index (χ1v) is 4.20. The molecule has 0 bridgehead atoms. The van der Waals surface area contributed by atoms with Crippen LogP contribution in [-0.2, 0) is 4.79 Å². The molecule has 0 radical (unpaired) electrons. The fourth-order valence-corrected chi connectivity index (χ4v) is 0.938. The van der Waals surface area contributed by atoms with Crippen molar-refractivity contribution in [3.63, 3.8) is 0 Å². The van der Waals surface area contributed by atoms with E-state index in [0.717, 1.165) is 12.5 Å². The first-order chi connectivity index (χ1) is 5.02. The maximum Gasteiger partial charge on any atom is 0.143 e. The van der Waals surface area contributed by atoms with Crippen LogP contribution in [0.15, 0.2) is 0 Å². The SMILES string of the molecule is CC(=O)CN(C)CCC(C)C. The average molecular weight is 157 g/mol. The van der Waals surface area contributed by atoms with Crippen molar-refractivity contribution in [2.24, 2.45) is 5.92 Å². The van der Waals surface area contributed by atoms with Crippen molar-refractivity contribution < 1.29 is 4.79 Å². The molecule has 0 saturated heterocycles. The second kappa shape index (κ2) is 5.30. The molecule has 0 aromatic carbocycles. The summed E-state index contributed by atoms with van der Waals surface area (Å²) in [6, 6.07) is 0. The zero-order valence-electron chi connectivity index (χ0n) is 8.05. The van der Waals surface area contributed by atoms with Crippen LogP contribution < -0.4 is 0 Å². The van der Waals surface area contributed by atoms with Gasteiger partial charge in [0.25, 0.3) is 0 Å². The Balaban J connectivity index is 3.37. The molecule has 0 aliphatic heterocycles. The Morgan fingerprint density at radius 1 is 1.45 bits per heavy atom. The van der Waals surface area contributed by atoms with E-state index in [9.17, 15) is 4.79 Å². The van der Waals surface area contributed by atoms with Crippen LogP contribution in [-0.4, -0.2) is 30.8 Å². The van der Waals surface area contributed by atoms with Gasteiger partial charge in [-0.1, -0.05) is 13.8 Å². The predicted octanol–water partition coefficient (Wildman–Crippen LogP) is 1.55. The fraction of sp³-hybridized carbons (Fsp3) is 0.889. The summed E-state index contributed by atoms with van der Waals surface area (Å²) < 4.78 is 0. The standard InChI is InChI=1S/C9H19NO/c1-8(2)5-6-10(4)7-9(3)11/h8H,5-7H2,1-4H3. The average Bonchev–Trinajstić information content (AvgIpc) is 1.82. The van der Waals surface area contributed by atoms with Crippen LogP contribution in [0.3, 0.4) is 0 Å². The van der Waals surface area contributed by atoms with E-state index in [0.29, 0.717) is 6.54 Å². The smallest absolute Gasteiger partial charge is 0.143 e. The van der Waals surface area contributed by atoms with Crippen molar-refractivity contribution in [3.8, 4) is 0 Å². The van der Waals surface area contributed by atoms with Crippen molar-refractivity contribution in [1.82, 2.24) is 4.90 Å². The van der Waals surface area contributed by atoms with Gasteiger partial charge in [0, 0.05) is 0 Å². The van der Waals surface area contributed by atoms with Crippen molar-refractivity contribution in [3.05, 3.63) is 0 Å². The van der Waals surface area contributed by atoms with Crippen LogP contribution in [0.2, 0.25) is 0 Å². The number of Topliss-reactive ketones (excluding diaryl/α,β-unsaturated/α-hetero) is 1. The van der Waals surface area contributed by atoms with E-state index >= 15 is 0 Å². The zero-order chi connectivity index (χ0) is 8.85. The number of nitrogens with zero attached hydrogens (tertiary/aromatic N) is 1. The maximum atomic E-state index is 10.7. The molecule has 11 heavy (non-hydrogen) atoms. The molecule has 0 saturated carbocycles. The summed E-state index contributed by atoms with van der Waals surface area (Å²) in [7, 11) is 1.99. The summed E-state index contributed by atoms with van der Waals surface area (Å²) in [6.07, 6.45) is 1.17. The Bertz CT molecular complexity index is 121. The molecular weight excluding hydrogens is 138 g/mol. The van der Waals surface area contributed by atoms with Crippen molar-refractivity contribution in [1.29, 1.82) is 0 Å². The number of carbonyl (C=O) groups excluding carboxylic acids is 1. The van der Waals surface area contributed by atoms with E-state index in [1.165, 1.54) is 6.42 Å². The summed E-state index contributed by atoms with van der Waals surface area (Å²) in [5.41, 5.74) is 0. The lowest BCUT2D eigenvalue weighted by Crippen LogP contribution is -2.26. The third-order valence-electron chi connectivity index (χ3n) is 1.58. The summed E-state index contributed by atoms with van der Waals surface area (Å²) in [4.78, 5) is 12.7. The molecule has 0 spiro atoms. The zero-order valence-corrected chi connectivity index (χ0v) is 8.05. The molecule has 0 heterocycles. The molecule has 0 aliphatic rings. The molecule has 0 rings (SSSR count). The Hall–Kier alpha value is -0.370. The first-order valence-electron chi connectivity index (χ1n) is 4.20. The van der Waals surface area contributed by atoms with Gasteiger partial charge >= 0.3 is 0 Å². The molecule has 0 atom stereocenters. The quantitative estimate of drug-likeness (QED) is 0.603. The molecule has 0 unspecified atom stereocenters. The van der Waals surface area contributed by atoms with Crippen molar-refractivity contribution >= 4 is 5.78 Å². The lowest BCUT2D eigenvalue weighted by Gasteiger charge is -2.15. The van der Waals surface area contributed by atoms with E-state index in [1.54, 1.807) is 6.92 Å². The number of likely N-dealkylation sites (N-methyl/N-ethyl adjacent to an activating group) is 1. The summed E-state index contributed by atoms with van der Waals surface area (Å²) in [5.74, 6) is 0.973. The van der Waals surface area contributed by atoms with Crippen LogP contribution in [0.1, 0.15) is 27.2 Å². The predicted molar refractivity (Wildman–Crippen MR) is 47.6 cm³/mol. The molecular formula is C9H19NO. The van der Waals surface area contributed by atoms with Gasteiger partial charge in [-0.15, -0.1) is 0 Å². The van der Waals surface area contributed by atoms with Crippen LogP contribution in [0.5, 0.6) is 0 Å². The summed E-state index contributed by atoms with van der Waals surface area (Å²) >= 11 is 0. The van der Waals surface area contributed by atoms with Crippen LogP contribution in [0.25, 0.3) is 0 Å². The minimum atomic E-state index is 0.247. The van der Waals surface area contributed by atoms with Crippen molar-refractivity contribution in [2.75, 3.05) is 20.1 Å². The molecule has 2 nitrogen and oxygen atoms in total. The van der Waals surface area contributed by atoms with E-state index in [1.807, 2.05) is 7.05 Å². The Morgan fingerprint density at radius 3 is 2.36 bits per heavy atom. The van der Waals surface area contributed by atoms with E-state index < -0.39 is 0 Å². The molecule has 2 heteroatoms. The highest BCUT2D eigenvalue weighted by Crippen LogP contribution is 1.99. The Kier molecular flexibility index (Phi) is 5.12. The van der Waals surface area contributed by atoms with Gasteiger partial charge < -0.3 is 0 Å². The maximum absolute atomic E-state index is 10.7. The normalized spacial score (nSPS) is 11.1. The van der Waals surface area contributed by atoms with E-state index in [2.05, 4.69) is 18.7 Å². The van der Waals surface area contributed by atoms with Gasteiger partial charge in [0.2, 0.25) is 0 Å². The third-order valence-corrected chi connectivity index (χ3v) is 1.58. The minimum absolute atomic E-state index is 0.247. The van der Waals surface area contributed by atoms with Gasteiger partial charge in [-0.3, -0.25) is 9.69 Å². The van der Waals surface area contributed by atoms with Gasteiger partial charge in [0.1, 0.15) is 5.78 Å². The molecule has 66 valence electrons. The number of rotatable bonds is 5. The second-order valence-corrected chi connectivity index (χ2v) is 3.62. The lowest BCUT2D eigenvalue weighted by molar-refractivity contribution is -0.117.